The van der Waals surface area contributed by atoms with Crippen LogP contribution in [0, 0.1) is 0 Å². The molecule has 1 aromatic carbocycles. The van der Waals surface area contributed by atoms with E-state index in [1.165, 1.54) is 5.56 Å². The summed E-state index contributed by atoms with van der Waals surface area (Å²) in [6, 6.07) is 10.2. The third kappa shape index (κ3) is 4.97. The zero-order valence-electron chi connectivity index (χ0n) is 11.9. The lowest BCUT2D eigenvalue weighted by Crippen LogP contribution is -2.27. The van der Waals surface area contributed by atoms with Gasteiger partial charge in [0.25, 0.3) is 0 Å². The lowest BCUT2D eigenvalue weighted by molar-refractivity contribution is 0.248. The zero-order valence-corrected chi connectivity index (χ0v) is 11.9. The van der Waals surface area contributed by atoms with Crippen molar-refractivity contribution in [3.05, 3.63) is 41.7 Å². The summed E-state index contributed by atoms with van der Waals surface area (Å²) >= 11 is 0. The molecule has 6 N–H and O–H groups in total. The van der Waals surface area contributed by atoms with Crippen LogP contribution in [-0.4, -0.2) is 32.9 Å². The molecule has 0 saturated heterocycles. The molecule has 2 aromatic rings. The van der Waals surface area contributed by atoms with Crippen molar-refractivity contribution in [3.63, 3.8) is 0 Å². The number of nitrogens with two attached hydrogens (primary N) is 3. The van der Waals surface area contributed by atoms with E-state index in [0.29, 0.717) is 18.9 Å². The van der Waals surface area contributed by atoms with Crippen molar-refractivity contribution in [1.29, 1.82) is 0 Å². The largest absolute Gasteiger partial charge is 0.368 e. The zero-order chi connectivity index (χ0) is 15.1. The van der Waals surface area contributed by atoms with E-state index in [4.69, 9.17) is 17.2 Å². The van der Waals surface area contributed by atoms with Crippen LogP contribution in [0.2, 0.25) is 0 Å². The maximum Gasteiger partial charge on any atom is 0.225 e. The monoisotopic (exact) mass is 287 g/mol. The molecule has 0 saturated carbocycles. The number of nitrogen functional groups attached to an aromatic ring is 2. The molecule has 0 atom stereocenters. The summed E-state index contributed by atoms with van der Waals surface area (Å²) in [5.74, 6) is 0.875. The molecule has 0 aliphatic carbocycles. The van der Waals surface area contributed by atoms with E-state index in [2.05, 4.69) is 32.0 Å². The summed E-state index contributed by atoms with van der Waals surface area (Å²) in [4.78, 5) is 14.3. The van der Waals surface area contributed by atoms with Gasteiger partial charge in [-0.2, -0.15) is 15.0 Å². The van der Waals surface area contributed by atoms with Crippen molar-refractivity contribution in [2.24, 2.45) is 5.73 Å². The van der Waals surface area contributed by atoms with Gasteiger partial charge in [0.2, 0.25) is 11.9 Å². The predicted molar refractivity (Wildman–Crippen MR) is 82.9 cm³/mol. The van der Waals surface area contributed by atoms with Crippen LogP contribution in [0.5, 0.6) is 0 Å². The van der Waals surface area contributed by atoms with E-state index >= 15 is 0 Å². The van der Waals surface area contributed by atoms with E-state index in [1.54, 1.807) is 0 Å². The van der Waals surface area contributed by atoms with Crippen LogP contribution in [0.1, 0.15) is 17.8 Å². The Balaban J connectivity index is 2.08. The van der Waals surface area contributed by atoms with Gasteiger partial charge in [-0.25, -0.2) is 0 Å². The molecule has 0 fully saturated rings. The number of benzene rings is 1. The van der Waals surface area contributed by atoms with Crippen molar-refractivity contribution < 1.29 is 0 Å². The fourth-order valence-electron chi connectivity index (χ4n) is 2.10. The number of hydrogen-bond acceptors (Lipinski definition) is 7. The van der Waals surface area contributed by atoms with E-state index in [0.717, 1.165) is 19.5 Å². The molecule has 0 spiro atoms. The average Bonchev–Trinajstić information content (AvgIpc) is 2.45. The fraction of sp³-hybridized carbons (Fsp3) is 0.357. The minimum absolute atomic E-state index is 0.149. The molecule has 0 amide bonds. The molecule has 0 radical (unpaired) electrons. The summed E-state index contributed by atoms with van der Waals surface area (Å²) in [5, 5.41) is 0. The first-order chi connectivity index (χ1) is 10.2. The Hall–Kier alpha value is -2.25. The standard InChI is InChI=1S/C14H21N7/c15-7-4-8-21(9-11-5-2-1-3-6-11)10-12-18-13(16)20-14(17)19-12/h1-3,5-6H,4,7-10,15H2,(H4,16,17,18,19,20). The highest BCUT2D eigenvalue weighted by Gasteiger charge is 2.10. The smallest absolute Gasteiger partial charge is 0.225 e. The van der Waals surface area contributed by atoms with Gasteiger partial charge in [-0.3, -0.25) is 4.90 Å². The van der Waals surface area contributed by atoms with Crippen molar-refractivity contribution in [3.8, 4) is 0 Å². The summed E-state index contributed by atoms with van der Waals surface area (Å²) in [6.45, 7) is 2.86. The van der Waals surface area contributed by atoms with Gasteiger partial charge in [-0.05, 0) is 18.5 Å². The molecule has 1 heterocycles. The molecule has 0 aliphatic rings. The second kappa shape index (κ2) is 7.51. The van der Waals surface area contributed by atoms with Crippen LogP contribution in [0.25, 0.3) is 0 Å². The van der Waals surface area contributed by atoms with Gasteiger partial charge in [-0.1, -0.05) is 30.3 Å². The van der Waals surface area contributed by atoms with E-state index in [1.807, 2.05) is 18.2 Å². The van der Waals surface area contributed by atoms with E-state index in [9.17, 15) is 0 Å². The molecule has 7 nitrogen and oxygen atoms in total. The van der Waals surface area contributed by atoms with E-state index in [-0.39, 0.29) is 11.9 Å². The maximum atomic E-state index is 5.61. The fourth-order valence-corrected chi connectivity index (χ4v) is 2.10. The highest BCUT2D eigenvalue weighted by molar-refractivity contribution is 5.25. The van der Waals surface area contributed by atoms with Gasteiger partial charge in [0.15, 0.2) is 0 Å². The Morgan fingerprint density at radius 2 is 1.57 bits per heavy atom. The normalized spacial score (nSPS) is 11.0. The molecule has 2 rings (SSSR count). The molecular formula is C14H21N7. The van der Waals surface area contributed by atoms with E-state index < -0.39 is 0 Å². The summed E-state index contributed by atoms with van der Waals surface area (Å²) in [6.07, 6.45) is 0.906. The lowest BCUT2D eigenvalue weighted by atomic mass is 10.2. The molecule has 0 unspecified atom stereocenters. The first kappa shape index (κ1) is 15.1. The maximum absolute atomic E-state index is 5.61. The van der Waals surface area contributed by atoms with Gasteiger partial charge < -0.3 is 17.2 Å². The van der Waals surface area contributed by atoms with Crippen LogP contribution in [0.15, 0.2) is 30.3 Å². The third-order valence-electron chi connectivity index (χ3n) is 3.01. The minimum atomic E-state index is 0.149. The lowest BCUT2D eigenvalue weighted by Gasteiger charge is -2.21. The van der Waals surface area contributed by atoms with Crippen LogP contribution in [0.3, 0.4) is 0 Å². The van der Waals surface area contributed by atoms with Crippen molar-refractivity contribution in [1.82, 2.24) is 19.9 Å². The molecule has 1 aromatic heterocycles. The van der Waals surface area contributed by atoms with Crippen LogP contribution in [-0.2, 0) is 13.1 Å². The Bertz CT molecular complexity index is 538. The van der Waals surface area contributed by atoms with Crippen molar-refractivity contribution in [2.75, 3.05) is 24.6 Å². The molecule has 7 heteroatoms. The van der Waals surface area contributed by atoms with Gasteiger partial charge >= 0.3 is 0 Å². The topological polar surface area (TPSA) is 120 Å². The number of nitrogens with zero attached hydrogens (tertiary/aromatic N) is 4. The molecule has 21 heavy (non-hydrogen) atoms. The van der Waals surface area contributed by atoms with Crippen molar-refractivity contribution in [2.45, 2.75) is 19.5 Å². The van der Waals surface area contributed by atoms with Gasteiger partial charge in [0, 0.05) is 13.1 Å². The Labute approximate surface area is 124 Å². The Kier molecular flexibility index (Phi) is 5.42. The summed E-state index contributed by atoms with van der Waals surface area (Å²) < 4.78 is 0. The van der Waals surface area contributed by atoms with Crippen LogP contribution < -0.4 is 17.2 Å². The number of aromatic nitrogens is 3. The highest BCUT2D eigenvalue weighted by Crippen LogP contribution is 2.09. The summed E-state index contributed by atoms with van der Waals surface area (Å²) in [7, 11) is 0. The van der Waals surface area contributed by atoms with Crippen LogP contribution >= 0.6 is 0 Å². The molecule has 0 bridgehead atoms. The van der Waals surface area contributed by atoms with Gasteiger partial charge in [-0.15, -0.1) is 0 Å². The SMILES string of the molecule is NCCCN(Cc1ccccc1)Cc1nc(N)nc(N)n1. The first-order valence-electron chi connectivity index (χ1n) is 6.89. The highest BCUT2D eigenvalue weighted by atomic mass is 15.2. The second-order valence-electron chi connectivity index (χ2n) is 4.81. The quantitative estimate of drug-likeness (QED) is 0.673. The molecule has 0 aliphatic heterocycles. The number of rotatable bonds is 7. The third-order valence-corrected chi connectivity index (χ3v) is 3.01. The first-order valence-corrected chi connectivity index (χ1v) is 6.89. The molecular weight excluding hydrogens is 266 g/mol. The Morgan fingerprint density at radius 3 is 2.19 bits per heavy atom. The average molecular weight is 287 g/mol. The number of hydrogen-bond donors (Lipinski definition) is 3. The van der Waals surface area contributed by atoms with Crippen LogP contribution in [0.4, 0.5) is 11.9 Å². The number of anilines is 2. The predicted octanol–water partition coefficient (Wildman–Crippen LogP) is 0.387. The Morgan fingerprint density at radius 1 is 0.905 bits per heavy atom. The van der Waals surface area contributed by atoms with Crippen molar-refractivity contribution >= 4 is 11.9 Å². The van der Waals surface area contributed by atoms with Gasteiger partial charge in [0.05, 0.1) is 6.54 Å². The second-order valence-corrected chi connectivity index (χ2v) is 4.81. The molecule has 112 valence electrons. The minimum Gasteiger partial charge on any atom is -0.368 e. The summed E-state index contributed by atoms with van der Waals surface area (Å²) in [5.41, 5.74) is 18.0. The van der Waals surface area contributed by atoms with Gasteiger partial charge in [0.1, 0.15) is 5.82 Å².